The number of nitrogens with zero attached hydrogens (tertiary/aromatic N) is 2. The van der Waals surface area contributed by atoms with Gasteiger partial charge in [-0.25, -0.2) is 0 Å². The van der Waals surface area contributed by atoms with Crippen molar-refractivity contribution < 1.29 is 0 Å². The number of rotatable bonds is 3. The van der Waals surface area contributed by atoms with E-state index in [0.29, 0.717) is 6.54 Å². The first-order valence-electron chi connectivity index (χ1n) is 4.05. The van der Waals surface area contributed by atoms with Gasteiger partial charge in [-0.3, -0.25) is 0 Å². The maximum Gasteiger partial charge on any atom is 0.105 e. The number of hydrogen-bond donors (Lipinski definition) is 0. The van der Waals surface area contributed by atoms with Crippen molar-refractivity contribution in [3.8, 4) is 6.07 Å². The molecule has 0 amide bonds. The van der Waals surface area contributed by atoms with Crippen LogP contribution in [-0.4, -0.2) is 13.1 Å². The third kappa shape index (κ3) is 2.00. The molecule has 0 aliphatic rings. The van der Waals surface area contributed by atoms with Gasteiger partial charge in [0.2, 0.25) is 0 Å². The Morgan fingerprint density at radius 1 is 1.33 bits per heavy atom. The molecule has 0 atom stereocenters. The van der Waals surface area contributed by atoms with E-state index in [4.69, 9.17) is 5.26 Å². The van der Waals surface area contributed by atoms with Crippen molar-refractivity contribution in [3.05, 3.63) is 30.3 Å². The first-order valence-corrected chi connectivity index (χ1v) is 4.05. The minimum atomic E-state index is 0.459. The number of nitriles is 1. The van der Waals surface area contributed by atoms with Crippen molar-refractivity contribution in [2.45, 2.75) is 6.92 Å². The van der Waals surface area contributed by atoms with Crippen molar-refractivity contribution in [3.63, 3.8) is 0 Å². The molecule has 0 radical (unpaired) electrons. The second-order valence-corrected chi connectivity index (χ2v) is 2.51. The lowest BCUT2D eigenvalue weighted by Gasteiger charge is -2.18. The zero-order chi connectivity index (χ0) is 8.81. The van der Waals surface area contributed by atoms with Gasteiger partial charge in [-0.05, 0) is 19.1 Å². The number of benzene rings is 1. The Balaban J connectivity index is 2.75. The highest BCUT2D eigenvalue weighted by Crippen LogP contribution is 2.11. The zero-order valence-corrected chi connectivity index (χ0v) is 7.20. The molecule has 62 valence electrons. The summed E-state index contributed by atoms with van der Waals surface area (Å²) in [6, 6.07) is 12.1. The maximum atomic E-state index is 8.54. The maximum absolute atomic E-state index is 8.54. The molecule has 2 nitrogen and oxygen atoms in total. The average molecular weight is 160 g/mol. The summed E-state index contributed by atoms with van der Waals surface area (Å²) in [6.45, 7) is 3.38. The van der Waals surface area contributed by atoms with E-state index in [0.717, 1.165) is 12.2 Å². The number of hydrogen-bond acceptors (Lipinski definition) is 2. The van der Waals surface area contributed by atoms with E-state index in [1.54, 1.807) is 0 Å². The van der Waals surface area contributed by atoms with Crippen LogP contribution in [-0.2, 0) is 0 Å². The molecule has 0 fully saturated rings. The summed E-state index contributed by atoms with van der Waals surface area (Å²) in [6.07, 6.45) is 0. The fourth-order valence-electron chi connectivity index (χ4n) is 1.11. The molecular formula is C10H12N2. The fraction of sp³-hybridized carbons (Fsp3) is 0.300. The number of anilines is 1. The van der Waals surface area contributed by atoms with Crippen LogP contribution < -0.4 is 4.90 Å². The summed E-state index contributed by atoms with van der Waals surface area (Å²) in [5.41, 5.74) is 1.11. The molecular weight excluding hydrogens is 148 g/mol. The van der Waals surface area contributed by atoms with Crippen LogP contribution in [0.5, 0.6) is 0 Å². The van der Waals surface area contributed by atoms with Crippen LogP contribution in [0.3, 0.4) is 0 Å². The van der Waals surface area contributed by atoms with Crippen LogP contribution >= 0.6 is 0 Å². The normalized spacial score (nSPS) is 9.00. The second kappa shape index (κ2) is 4.40. The van der Waals surface area contributed by atoms with Gasteiger partial charge in [0.05, 0.1) is 6.07 Å². The van der Waals surface area contributed by atoms with Gasteiger partial charge in [0, 0.05) is 12.2 Å². The molecule has 0 N–H and O–H groups in total. The summed E-state index contributed by atoms with van der Waals surface area (Å²) < 4.78 is 0. The third-order valence-electron chi connectivity index (χ3n) is 1.76. The van der Waals surface area contributed by atoms with E-state index in [-0.39, 0.29) is 0 Å². The monoisotopic (exact) mass is 160 g/mol. The summed E-state index contributed by atoms with van der Waals surface area (Å²) in [7, 11) is 0. The second-order valence-electron chi connectivity index (χ2n) is 2.51. The lowest BCUT2D eigenvalue weighted by molar-refractivity contribution is 0.911. The van der Waals surface area contributed by atoms with E-state index < -0.39 is 0 Å². The average Bonchev–Trinajstić information content (AvgIpc) is 2.15. The van der Waals surface area contributed by atoms with Crippen LogP contribution in [0.25, 0.3) is 0 Å². The summed E-state index contributed by atoms with van der Waals surface area (Å²) in [4.78, 5) is 2.03. The number of para-hydroxylation sites is 1. The predicted molar refractivity (Wildman–Crippen MR) is 49.9 cm³/mol. The van der Waals surface area contributed by atoms with E-state index in [2.05, 4.69) is 6.07 Å². The van der Waals surface area contributed by atoms with Gasteiger partial charge in [-0.1, -0.05) is 18.2 Å². The van der Waals surface area contributed by atoms with Crippen LogP contribution in [0, 0.1) is 11.3 Å². The van der Waals surface area contributed by atoms with Crippen LogP contribution in [0.15, 0.2) is 30.3 Å². The molecule has 0 bridgehead atoms. The van der Waals surface area contributed by atoms with Crippen molar-refractivity contribution in [2.75, 3.05) is 18.0 Å². The topological polar surface area (TPSA) is 27.0 Å². The first-order chi connectivity index (χ1) is 5.88. The van der Waals surface area contributed by atoms with Crippen molar-refractivity contribution in [1.82, 2.24) is 0 Å². The highest BCUT2D eigenvalue weighted by Gasteiger charge is 2.00. The minimum absolute atomic E-state index is 0.459. The van der Waals surface area contributed by atoms with E-state index >= 15 is 0 Å². The molecule has 1 rings (SSSR count). The molecule has 0 unspecified atom stereocenters. The molecule has 0 aromatic heterocycles. The lowest BCUT2D eigenvalue weighted by atomic mass is 10.3. The Hall–Kier alpha value is -1.49. The van der Waals surface area contributed by atoms with Gasteiger partial charge < -0.3 is 4.90 Å². The standard InChI is InChI=1S/C10H12N2/c1-2-12(9-8-11)10-6-4-3-5-7-10/h3-7H,2,9H2,1H3. The van der Waals surface area contributed by atoms with Gasteiger partial charge in [-0.2, -0.15) is 5.26 Å². The summed E-state index contributed by atoms with van der Waals surface area (Å²) >= 11 is 0. The molecule has 0 saturated carbocycles. The zero-order valence-electron chi connectivity index (χ0n) is 7.20. The Morgan fingerprint density at radius 3 is 2.50 bits per heavy atom. The molecule has 0 spiro atoms. The van der Waals surface area contributed by atoms with Gasteiger partial charge >= 0.3 is 0 Å². The third-order valence-corrected chi connectivity index (χ3v) is 1.76. The Bertz CT molecular complexity index is 261. The molecule has 2 heteroatoms. The molecule has 0 saturated heterocycles. The van der Waals surface area contributed by atoms with E-state index in [9.17, 15) is 0 Å². The van der Waals surface area contributed by atoms with Gasteiger partial charge in [-0.15, -0.1) is 0 Å². The first kappa shape index (κ1) is 8.61. The van der Waals surface area contributed by atoms with Crippen LogP contribution in [0.1, 0.15) is 6.92 Å². The molecule has 0 heterocycles. The molecule has 1 aromatic carbocycles. The highest BCUT2D eigenvalue weighted by molar-refractivity contribution is 5.46. The van der Waals surface area contributed by atoms with E-state index in [1.807, 2.05) is 42.2 Å². The van der Waals surface area contributed by atoms with Crippen molar-refractivity contribution in [1.29, 1.82) is 5.26 Å². The Morgan fingerprint density at radius 2 is 2.00 bits per heavy atom. The van der Waals surface area contributed by atoms with Gasteiger partial charge in [0.15, 0.2) is 0 Å². The summed E-state index contributed by atoms with van der Waals surface area (Å²) in [5, 5.41) is 8.54. The SMILES string of the molecule is CCN(CC#N)c1ccccc1. The predicted octanol–water partition coefficient (Wildman–Crippen LogP) is 2.04. The fourth-order valence-corrected chi connectivity index (χ4v) is 1.11. The van der Waals surface area contributed by atoms with Gasteiger partial charge in [0.25, 0.3) is 0 Å². The van der Waals surface area contributed by atoms with Crippen molar-refractivity contribution >= 4 is 5.69 Å². The largest absolute Gasteiger partial charge is 0.358 e. The summed E-state index contributed by atoms with van der Waals surface area (Å²) in [5.74, 6) is 0. The molecule has 0 aliphatic heterocycles. The van der Waals surface area contributed by atoms with Crippen molar-refractivity contribution in [2.24, 2.45) is 0 Å². The van der Waals surface area contributed by atoms with E-state index in [1.165, 1.54) is 0 Å². The Labute approximate surface area is 73.0 Å². The minimum Gasteiger partial charge on any atom is -0.358 e. The van der Waals surface area contributed by atoms with Crippen LogP contribution in [0.2, 0.25) is 0 Å². The quantitative estimate of drug-likeness (QED) is 0.633. The van der Waals surface area contributed by atoms with Gasteiger partial charge in [0.1, 0.15) is 6.54 Å². The molecule has 12 heavy (non-hydrogen) atoms. The van der Waals surface area contributed by atoms with Crippen LogP contribution in [0.4, 0.5) is 5.69 Å². The molecule has 0 aliphatic carbocycles. The highest BCUT2D eigenvalue weighted by atomic mass is 15.1. The smallest absolute Gasteiger partial charge is 0.105 e. The lowest BCUT2D eigenvalue weighted by Crippen LogP contribution is -2.22. The Kier molecular flexibility index (Phi) is 3.16. The molecule has 1 aromatic rings.